The van der Waals surface area contributed by atoms with Crippen molar-refractivity contribution in [2.24, 2.45) is 11.7 Å². The number of nitrogens with one attached hydrogen (secondary N) is 2. The minimum Gasteiger partial charge on any atom is -0.480 e. The molecule has 0 spiro atoms. The molecule has 0 aliphatic carbocycles. The molecule has 0 bridgehead atoms. The third-order valence-electron chi connectivity index (χ3n) is 6.34. The molecule has 0 saturated carbocycles. The number of rotatable bonds is 11. The second kappa shape index (κ2) is 12.5. The number of carboxylic acids is 1. The number of nitrogens with two attached hydrogens (primary N) is 1. The lowest BCUT2D eigenvalue weighted by Crippen LogP contribution is -2.58. The molecule has 6 N–H and O–H groups in total. The van der Waals surface area contributed by atoms with Gasteiger partial charge in [0, 0.05) is 13.0 Å². The van der Waals surface area contributed by atoms with E-state index >= 15 is 0 Å². The number of aliphatic carboxylic acids is 1. The van der Waals surface area contributed by atoms with Gasteiger partial charge in [-0.3, -0.25) is 14.4 Å². The first-order chi connectivity index (χ1) is 16.1. The fourth-order valence-corrected chi connectivity index (χ4v) is 3.96. The molecule has 1 heterocycles. The second-order valence-electron chi connectivity index (χ2n) is 8.92. The highest BCUT2D eigenvalue weighted by molar-refractivity contribution is 5.94. The van der Waals surface area contributed by atoms with Crippen molar-refractivity contribution in [1.29, 1.82) is 0 Å². The number of likely N-dealkylation sites (tertiary alicyclic amines) is 1. The summed E-state index contributed by atoms with van der Waals surface area (Å²) in [6.45, 7) is 5.29. The largest absolute Gasteiger partial charge is 0.480 e. The van der Waals surface area contributed by atoms with Gasteiger partial charge >= 0.3 is 5.97 Å². The van der Waals surface area contributed by atoms with Crippen LogP contribution >= 0.6 is 0 Å². The molecule has 10 nitrogen and oxygen atoms in total. The molecule has 2 rings (SSSR count). The van der Waals surface area contributed by atoms with Gasteiger partial charge in [0.05, 0.1) is 6.10 Å². The maximum Gasteiger partial charge on any atom is 0.326 e. The minimum atomic E-state index is -1.15. The smallest absolute Gasteiger partial charge is 0.326 e. The molecular formula is C24H36N4O6. The SMILES string of the molecule is CCC(C)C(NC(=O)C(Cc1ccccc1)NC(=O)C1CCCN1C(=O)C(N)C(C)O)C(=O)O. The Kier molecular flexibility index (Phi) is 10.0. The van der Waals surface area contributed by atoms with Gasteiger partial charge in [0.1, 0.15) is 24.2 Å². The Balaban J connectivity index is 2.22. The summed E-state index contributed by atoms with van der Waals surface area (Å²) in [5.41, 5.74) is 6.57. The fraction of sp³-hybridized carbons (Fsp3) is 0.583. The number of carbonyl (C=O) groups is 4. The average Bonchev–Trinajstić information content (AvgIpc) is 3.31. The third-order valence-corrected chi connectivity index (χ3v) is 6.34. The van der Waals surface area contributed by atoms with Crippen molar-refractivity contribution in [3.63, 3.8) is 0 Å². The van der Waals surface area contributed by atoms with Gasteiger partial charge in [0.25, 0.3) is 0 Å². The van der Waals surface area contributed by atoms with Crippen LogP contribution in [0.2, 0.25) is 0 Å². The Morgan fingerprint density at radius 2 is 1.79 bits per heavy atom. The van der Waals surface area contributed by atoms with Gasteiger partial charge in [-0.25, -0.2) is 4.79 Å². The predicted molar refractivity (Wildman–Crippen MR) is 125 cm³/mol. The van der Waals surface area contributed by atoms with Crippen molar-refractivity contribution in [3.8, 4) is 0 Å². The van der Waals surface area contributed by atoms with Gasteiger partial charge in [0.15, 0.2) is 0 Å². The molecule has 1 aromatic rings. The molecule has 6 unspecified atom stereocenters. The van der Waals surface area contributed by atoms with Crippen LogP contribution in [0.25, 0.3) is 0 Å². The Labute approximate surface area is 199 Å². The van der Waals surface area contributed by atoms with E-state index in [4.69, 9.17) is 5.73 Å². The summed E-state index contributed by atoms with van der Waals surface area (Å²) in [5, 5.41) is 24.5. The molecule has 3 amide bonds. The van der Waals surface area contributed by atoms with E-state index in [0.717, 1.165) is 5.56 Å². The highest BCUT2D eigenvalue weighted by Gasteiger charge is 2.39. The standard InChI is InChI=1S/C24H36N4O6/c1-4-14(2)20(24(33)34)27-21(30)17(13-16-9-6-5-7-10-16)26-22(31)18-11-8-12-28(18)23(32)19(25)15(3)29/h5-7,9-10,14-15,17-20,29H,4,8,11-13,25H2,1-3H3,(H,26,31)(H,27,30)(H,33,34). The van der Waals surface area contributed by atoms with Crippen LogP contribution in [0.1, 0.15) is 45.6 Å². The maximum absolute atomic E-state index is 13.2. The lowest BCUT2D eigenvalue weighted by atomic mass is 9.98. The first-order valence-corrected chi connectivity index (χ1v) is 11.7. The Morgan fingerprint density at radius 3 is 2.35 bits per heavy atom. The van der Waals surface area contributed by atoms with Crippen molar-refractivity contribution >= 4 is 23.7 Å². The number of benzene rings is 1. The molecule has 0 radical (unpaired) electrons. The lowest BCUT2D eigenvalue weighted by Gasteiger charge is -2.29. The summed E-state index contributed by atoms with van der Waals surface area (Å²) in [6.07, 6.45) is 0.617. The van der Waals surface area contributed by atoms with Crippen LogP contribution in [-0.2, 0) is 25.6 Å². The zero-order chi connectivity index (χ0) is 25.4. The van der Waals surface area contributed by atoms with Gasteiger partial charge < -0.3 is 31.5 Å². The summed E-state index contributed by atoms with van der Waals surface area (Å²) in [5.74, 6) is -3.11. The van der Waals surface area contributed by atoms with Crippen molar-refractivity contribution < 1.29 is 29.4 Å². The van der Waals surface area contributed by atoms with Gasteiger partial charge in [-0.05, 0) is 31.2 Å². The Hall–Kier alpha value is -2.98. The topological polar surface area (TPSA) is 162 Å². The molecule has 1 fully saturated rings. The molecule has 1 aliphatic heterocycles. The molecule has 34 heavy (non-hydrogen) atoms. The monoisotopic (exact) mass is 476 g/mol. The zero-order valence-corrected chi connectivity index (χ0v) is 19.9. The van der Waals surface area contributed by atoms with E-state index in [1.165, 1.54) is 11.8 Å². The highest BCUT2D eigenvalue weighted by Crippen LogP contribution is 2.19. The van der Waals surface area contributed by atoms with Crippen molar-refractivity contribution in [2.75, 3.05) is 6.54 Å². The van der Waals surface area contributed by atoms with Crippen LogP contribution in [0.4, 0.5) is 0 Å². The Bertz CT molecular complexity index is 862. The lowest BCUT2D eigenvalue weighted by molar-refractivity contribution is -0.144. The number of aliphatic hydroxyl groups is 1. The molecule has 1 saturated heterocycles. The minimum absolute atomic E-state index is 0.152. The fourth-order valence-electron chi connectivity index (χ4n) is 3.96. The van der Waals surface area contributed by atoms with Crippen LogP contribution in [-0.4, -0.2) is 75.6 Å². The van der Waals surface area contributed by atoms with E-state index in [-0.39, 0.29) is 12.3 Å². The third kappa shape index (κ3) is 7.01. The van der Waals surface area contributed by atoms with Gasteiger partial charge in [-0.1, -0.05) is 50.6 Å². The van der Waals surface area contributed by atoms with Crippen LogP contribution in [0.15, 0.2) is 30.3 Å². The molecule has 10 heteroatoms. The number of amides is 3. The van der Waals surface area contributed by atoms with Crippen LogP contribution in [0.3, 0.4) is 0 Å². The quantitative estimate of drug-likeness (QED) is 0.301. The van der Waals surface area contributed by atoms with E-state index in [1.807, 2.05) is 25.1 Å². The molecular weight excluding hydrogens is 440 g/mol. The van der Waals surface area contributed by atoms with Crippen molar-refractivity contribution in [1.82, 2.24) is 15.5 Å². The summed E-state index contributed by atoms with van der Waals surface area (Å²) < 4.78 is 0. The molecule has 1 aromatic carbocycles. The molecule has 1 aliphatic rings. The number of hydrogen-bond acceptors (Lipinski definition) is 6. The van der Waals surface area contributed by atoms with Crippen LogP contribution in [0.5, 0.6) is 0 Å². The zero-order valence-electron chi connectivity index (χ0n) is 19.9. The molecule has 0 aromatic heterocycles. The summed E-state index contributed by atoms with van der Waals surface area (Å²) in [7, 11) is 0. The van der Waals surface area contributed by atoms with Crippen LogP contribution < -0.4 is 16.4 Å². The first-order valence-electron chi connectivity index (χ1n) is 11.7. The van der Waals surface area contributed by atoms with Crippen molar-refractivity contribution in [2.45, 2.75) is 76.7 Å². The predicted octanol–water partition coefficient (Wildman–Crippen LogP) is 0.0285. The second-order valence-corrected chi connectivity index (χ2v) is 8.92. The van der Waals surface area contributed by atoms with E-state index < -0.39 is 54.0 Å². The first kappa shape index (κ1) is 27.3. The van der Waals surface area contributed by atoms with Gasteiger partial charge in [-0.2, -0.15) is 0 Å². The van der Waals surface area contributed by atoms with Gasteiger partial charge in [-0.15, -0.1) is 0 Å². The normalized spacial score (nSPS) is 20.0. The van der Waals surface area contributed by atoms with Crippen molar-refractivity contribution in [3.05, 3.63) is 35.9 Å². The highest BCUT2D eigenvalue weighted by atomic mass is 16.4. The number of carboxylic acid groups (broad SMARTS) is 1. The average molecular weight is 477 g/mol. The van der Waals surface area contributed by atoms with E-state index in [0.29, 0.717) is 25.8 Å². The molecule has 188 valence electrons. The Morgan fingerprint density at radius 1 is 1.15 bits per heavy atom. The number of nitrogens with zero attached hydrogens (tertiary/aromatic N) is 1. The van der Waals surface area contributed by atoms with E-state index in [2.05, 4.69) is 10.6 Å². The van der Waals surface area contributed by atoms with E-state index in [9.17, 15) is 29.4 Å². The maximum atomic E-state index is 13.2. The summed E-state index contributed by atoms with van der Waals surface area (Å²) in [6, 6.07) is 4.95. The number of aliphatic hydroxyl groups excluding tert-OH is 1. The number of hydrogen-bond donors (Lipinski definition) is 5. The summed E-state index contributed by atoms with van der Waals surface area (Å²) >= 11 is 0. The van der Waals surface area contributed by atoms with Crippen LogP contribution in [0, 0.1) is 5.92 Å². The summed E-state index contributed by atoms with van der Waals surface area (Å²) in [4.78, 5) is 52.0. The molecule has 6 atom stereocenters. The van der Waals surface area contributed by atoms with E-state index in [1.54, 1.807) is 19.1 Å². The number of carbonyl (C=O) groups excluding carboxylic acids is 3. The van der Waals surface area contributed by atoms with Gasteiger partial charge in [0.2, 0.25) is 17.7 Å².